The first-order valence-corrected chi connectivity index (χ1v) is 8.16. The van der Waals surface area contributed by atoms with E-state index in [0.717, 1.165) is 24.3 Å². The third-order valence-corrected chi connectivity index (χ3v) is 4.34. The molecule has 1 aromatic carbocycles. The average molecular weight is 430 g/mol. The van der Waals surface area contributed by atoms with Crippen LogP contribution in [0.5, 0.6) is 0 Å². The molecule has 1 heterocycles. The van der Waals surface area contributed by atoms with E-state index in [4.69, 9.17) is 11.6 Å². The Morgan fingerprint density at radius 3 is 2.70 bits per heavy atom. The van der Waals surface area contributed by atoms with E-state index in [1.165, 1.54) is 6.07 Å². The lowest BCUT2D eigenvalue weighted by Crippen LogP contribution is -2.37. The summed E-state index contributed by atoms with van der Waals surface area (Å²) in [4.78, 5) is 4.43. The highest BCUT2D eigenvalue weighted by atomic mass is 127. The van der Waals surface area contributed by atoms with Gasteiger partial charge in [0.15, 0.2) is 15.8 Å². The van der Waals surface area contributed by atoms with E-state index in [2.05, 4.69) is 22.5 Å². The second-order valence-corrected chi connectivity index (χ2v) is 7.02. The predicted octanol–water partition coefficient (Wildman–Crippen LogP) is 1.80. The Morgan fingerprint density at radius 2 is 2.20 bits per heavy atom. The molecule has 0 spiro atoms. The van der Waals surface area contributed by atoms with Crippen LogP contribution in [-0.2, 0) is 16.4 Å². The second kappa shape index (κ2) is 6.95. The Balaban J connectivity index is 0.00000200. The van der Waals surface area contributed by atoms with Crippen molar-refractivity contribution in [2.24, 2.45) is 4.99 Å². The van der Waals surface area contributed by atoms with E-state index in [-0.39, 0.29) is 33.9 Å². The Bertz CT molecular complexity index is 619. The Kier molecular flexibility index (Phi) is 6.08. The molecule has 0 bridgehead atoms. The Morgan fingerprint density at radius 1 is 1.50 bits per heavy atom. The fourth-order valence-corrected chi connectivity index (χ4v) is 3.15. The first kappa shape index (κ1) is 17.5. The van der Waals surface area contributed by atoms with Gasteiger partial charge in [0.25, 0.3) is 0 Å². The van der Waals surface area contributed by atoms with Gasteiger partial charge in [-0.05, 0) is 24.6 Å². The maximum atomic E-state index is 11.4. The molecule has 112 valence electrons. The summed E-state index contributed by atoms with van der Waals surface area (Å²) in [5.74, 6) is 0.760. The summed E-state index contributed by atoms with van der Waals surface area (Å²) in [6.07, 6.45) is 1.14. The number of guanidine groups is 1. The molecule has 8 heteroatoms. The maximum absolute atomic E-state index is 11.4. The van der Waals surface area contributed by atoms with Crippen LogP contribution < -0.4 is 10.6 Å². The van der Waals surface area contributed by atoms with Crippen molar-refractivity contribution in [3.8, 4) is 0 Å². The monoisotopic (exact) mass is 429 g/mol. The standard InChI is InChI=1S/C12H16ClN3O2S.HI/c1-8-6-14-12(16-8)15-7-9-3-4-11(10(13)5-9)19(2,17)18;/h3-5,8H,6-7H2,1-2H3,(H2,14,15,16);1H. The van der Waals surface area contributed by atoms with Crippen LogP contribution in [0, 0.1) is 0 Å². The first-order chi connectivity index (χ1) is 8.86. The third kappa shape index (κ3) is 4.49. The number of hydrogen-bond acceptors (Lipinski definition) is 5. The van der Waals surface area contributed by atoms with Crippen molar-refractivity contribution in [1.82, 2.24) is 10.6 Å². The molecular weight excluding hydrogens is 413 g/mol. The summed E-state index contributed by atoms with van der Waals surface area (Å²) in [5, 5.41) is 6.58. The normalized spacial score (nSPS) is 17.9. The summed E-state index contributed by atoms with van der Waals surface area (Å²) in [7, 11) is -3.28. The first-order valence-electron chi connectivity index (χ1n) is 5.89. The lowest BCUT2D eigenvalue weighted by molar-refractivity contribution is 0.602. The van der Waals surface area contributed by atoms with E-state index < -0.39 is 9.84 Å². The molecule has 0 aromatic heterocycles. The van der Waals surface area contributed by atoms with Gasteiger partial charge in [-0.1, -0.05) is 17.7 Å². The number of nitrogens with zero attached hydrogens (tertiary/aromatic N) is 1. The van der Waals surface area contributed by atoms with E-state index in [0.29, 0.717) is 12.6 Å². The van der Waals surface area contributed by atoms with Crippen molar-refractivity contribution in [3.05, 3.63) is 28.8 Å². The number of benzene rings is 1. The van der Waals surface area contributed by atoms with E-state index in [1.807, 2.05) is 0 Å². The van der Waals surface area contributed by atoms with Crippen molar-refractivity contribution >= 4 is 51.4 Å². The molecule has 0 saturated carbocycles. The highest BCUT2D eigenvalue weighted by molar-refractivity contribution is 14.0. The van der Waals surface area contributed by atoms with Crippen molar-refractivity contribution in [2.75, 3.05) is 12.8 Å². The molecule has 1 atom stereocenters. The minimum absolute atomic E-state index is 0. The van der Waals surface area contributed by atoms with Crippen molar-refractivity contribution in [1.29, 1.82) is 0 Å². The number of halogens is 2. The minimum Gasteiger partial charge on any atom is -0.352 e. The second-order valence-electron chi connectivity index (χ2n) is 4.63. The van der Waals surface area contributed by atoms with Gasteiger partial charge < -0.3 is 10.6 Å². The molecule has 1 aliphatic rings. The number of rotatable bonds is 3. The lowest BCUT2D eigenvalue weighted by atomic mass is 10.2. The van der Waals surface area contributed by atoms with E-state index >= 15 is 0 Å². The third-order valence-electron chi connectivity index (χ3n) is 2.76. The maximum Gasteiger partial charge on any atom is 0.191 e. The number of sulfone groups is 1. The summed E-state index contributed by atoms with van der Waals surface area (Å²) in [5.41, 5.74) is 0.904. The molecule has 1 aromatic rings. The molecule has 1 aliphatic heterocycles. The zero-order valence-electron chi connectivity index (χ0n) is 11.2. The fourth-order valence-electron chi connectivity index (χ4n) is 1.80. The molecule has 0 aliphatic carbocycles. The van der Waals surface area contributed by atoms with Crippen LogP contribution in [0.1, 0.15) is 12.5 Å². The van der Waals surface area contributed by atoms with Gasteiger partial charge in [-0.15, -0.1) is 24.0 Å². The van der Waals surface area contributed by atoms with Crippen molar-refractivity contribution < 1.29 is 8.42 Å². The summed E-state index contributed by atoms with van der Waals surface area (Å²) >= 11 is 5.98. The lowest BCUT2D eigenvalue weighted by Gasteiger charge is -2.10. The Labute approximate surface area is 141 Å². The highest BCUT2D eigenvalue weighted by Gasteiger charge is 2.14. The van der Waals surface area contributed by atoms with Gasteiger partial charge in [-0.2, -0.15) is 0 Å². The average Bonchev–Trinajstić information content (AvgIpc) is 2.71. The number of nitrogens with one attached hydrogen (secondary N) is 2. The Hall–Kier alpha value is -0.540. The molecule has 20 heavy (non-hydrogen) atoms. The summed E-state index contributed by atoms with van der Waals surface area (Å²) < 4.78 is 22.9. The smallest absolute Gasteiger partial charge is 0.191 e. The van der Waals surface area contributed by atoms with Crippen LogP contribution in [0.25, 0.3) is 0 Å². The van der Waals surface area contributed by atoms with Gasteiger partial charge in [0.05, 0.1) is 16.5 Å². The number of aliphatic imine (C=N–C) groups is 1. The summed E-state index contributed by atoms with van der Waals surface area (Å²) in [6.45, 7) is 3.36. The predicted molar refractivity (Wildman–Crippen MR) is 91.7 cm³/mol. The molecule has 2 rings (SSSR count). The summed E-state index contributed by atoms with van der Waals surface area (Å²) in [6, 6.07) is 5.28. The van der Waals surface area contributed by atoms with Gasteiger partial charge in [0, 0.05) is 18.8 Å². The van der Waals surface area contributed by atoms with Crippen molar-refractivity contribution in [2.45, 2.75) is 24.4 Å². The van der Waals surface area contributed by atoms with Gasteiger partial charge in [0.1, 0.15) is 0 Å². The molecular formula is C12H17ClIN3O2S. The molecule has 0 saturated heterocycles. The molecule has 0 amide bonds. The molecule has 1 unspecified atom stereocenters. The van der Waals surface area contributed by atoms with Crippen LogP contribution >= 0.6 is 35.6 Å². The van der Waals surface area contributed by atoms with Gasteiger partial charge >= 0.3 is 0 Å². The van der Waals surface area contributed by atoms with Crippen LogP contribution in [-0.4, -0.2) is 33.2 Å². The van der Waals surface area contributed by atoms with E-state index in [1.54, 1.807) is 12.1 Å². The molecule has 0 radical (unpaired) electrons. The SMILES string of the molecule is CC1CN=C(NCc2ccc(S(C)(=O)=O)c(Cl)c2)N1.I. The van der Waals surface area contributed by atoms with Crippen LogP contribution in [0.2, 0.25) is 5.02 Å². The van der Waals surface area contributed by atoms with Crippen LogP contribution in [0.3, 0.4) is 0 Å². The van der Waals surface area contributed by atoms with Gasteiger partial charge in [0.2, 0.25) is 0 Å². The van der Waals surface area contributed by atoms with Gasteiger partial charge in [-0.25, -0.2) is 8.42 Å². The number of hydrogen-bond donors (Lipinski definition) is 2. The van der Waals surface area contributed by atoms with Crippen LogP contribution in [0.4, 0.5) is 0 Å². The molecule has 5 nitrogen and oxygen atoms in total. The zero-order chi connectivity index (χ0) is 14.0. The van der Waals surface area contributed by atoms with E-state index in [9.17, 15) is 8.42 Å². The van der Waals surface area contributed by atoms with Gasteiger partial charge in [-0.3, -0.25) is 4.99 Å². The molecule has 0 fully saturated rings. The van der Waals surface area contributed by atoms with Crippen molar-refractivity contribution in [3.63, 3.8) is 0 Å². The van der Waals surface area contributed by atoms with Crippen LogP contribution in [0.15, 0.2) is 28.1 Å². The topological polar surface area (TPSA) is 70.6 Å². The quantitative estimate of drug-likeness (QED) is 0.719. The largest absolute Gasteiger partial charge is 0.352 e. The fraction of sp³-hybridized carbons (Fsp3) is 0.417. The zero-order valence-corrected chi connectivity index (χ0v) is 15.1. The molecule has 2 N–H and O–H groups in total. The highest BCUT2D eigenvalue weighted by Crippen LogP contribution is 2.22. The minimum atomic E-state index is -3.28.